The van der Waals surface area contributed by atoms with Gasteiger partial charge in [-0.05, 0) is 25.5 Å². The van der Waals surface area contributed by atoms with Crippen molar-refractivity contribution >= 4 is 17.9 Å². The highest BCUT2D eigenvalue weighted by Crippen LogP contribution is 2.17. The van der Waals surface area contributed by atoms with E-state index in [-0.39, 0.29) is 24.6 Å². The summed E-state index contributed by atoms with van der Waals surface area (Å²) in [6.07, 6.45) is -0.0504. The molecule has 1 aromatic rings. The maximum atomic E-state index is 11.5. The van der Waals surface area contributed by atoms with Gasteiger partial charge in [-0.2, -0.15) is 0 Å². The molecule has 1 aliphatic heterocycles. The fourth-order valence-electron chi connectivity index (χ4n) is 2.38. The number of urea groups is 1. The first-order valence-electron chi connectivity index (χ1n) is 8.26. The first kappa shape index (κ1) is 18.6. The lowest BCUT2D eigenvalue weighted by Gasteiger charge is -2.19. The molecule has 0 spiro atoms. The number of aryl methyl sites for hydroxylation is 1. The third kappa shape index (κ3) is 5.37. The summed E-state index contributed by atoms with van der Waals surface area (Å²) in [5.41, 5.74) is 1.09. The summed E-state index contributed by atoms with van der Waals surface area (Å²) in [6, 6.07) is 7.51. The van der Waals surface area contributed by atoms with Gasteiger partial charge in [0.25, 0.3) is 0 Å². The fraction of sp³-hybridized carbons (Fsp3) is 0.471. The monoisotopic (exact) mass is 347 g/mol. The number of carbonyl (C=O) groups excluding carboxylic acids is 2. The standard InChI is InChI=1S/C17H25N5O3/c1-12-6-4-5-7-14(12)25-13(2)10-20-16(18-3)19-8-9-22-15(23)11-21-17(22)24/h4-7,13H,8-11H2,1-3H3,(H,21,24)(H2,18,19,20). The molecule has 136 valence electrons. The summed E-state index contributed by atoms with van der Waals surface area (Å²) >= 11 is 0. The molecular formula is C17H25N5O3. The Labute approximate surface area is 147 Å². The van der Waals surface area contributed by atoms with Crippen LogP contribution in [0, 0.1) is 6.92 Å². The van der Waals surface area contributed by atoms with Crippen LogP contribution in [0.15, 0.2) is 29.3 Å². The third-order valence-electron chi connectivity index (χ3n) is 3.77. The molecule has 0 aromatic heterocycles. The number of carbonyl (C=O) groups is 2. The van der Waals surface area contributed by atoms with Crippen molar-refractivity contribution in [2.24, 2.45) is 4.99 Å². The van der Waals surface area contributed by atoms with Crippen LogP contribution in [-0.4, -0.2) is 62.1 Å². The Balaban J connectivity index is 1.72. The number of ether oxygens (including phenoxy) is 1. The Morgan fingerprint density at radius 2 is 2.12 bits per heavy atom. The van der Waals surface area contributed by atoms with Crippen molar-refractivity contribution < 1.29 is 14.3 Å². The molecule has 8 heteroatoms. The van der Waals surface area contributed by atoms with Gasteiger partial charge in [0.05, 0.1) is 13.1 Å². The van der Waals surface area contributed by atoms with Crippen molar-refractivity contribution in [1.82, 2.24) is 20.9 Å². The minimum atomic E-state index is -0.352. The van der Waals surface area contributed by atoms with Gasteiger partial charge in [-0.1, -0.05) is 18.2 Å². The zero-order chi connectivity index (χ0) is 18.2. The second-order valence-electron chi connectivity index (χ2n) is 5.78. The predicted molar refractivity (Wildman–Crippen MR) is 95.7 cm³/mol. The number of para-hydroxylation sites is 1. The molecule has 1 aromatic carbocycles. The summed E-state index contributed by atoms with van der Waals surface area (Å²) < 4.78 is 5.90. The van der Waals surface area contributed by atoms with Crippen LogP contribution < -0.4 is 20.7 Å². The number of nitrogens with zero attached hydrogens (tertiary/aromatic N) is 2. The molecule has 1 fully saturated rings. The van der Waals surface area contributed by atoms with Gasteiger partial charge in [-0.15, -0.1) is 0 Å². The molecule has 3 N–H and O–H groups in total. The molecule has 3 amide bonds. The highest BCUT2D eigenvalue weighted by Gasteiger charge is 2.27. The second-order valence-corrected chi connectivity index (χ2v) is 5.78. The molecule has 1 saturated heterocycles. The SMILES string of the molecule is CN=C(NCCN1C(=O)CNC1=O)NCC(C)Oc1ccccc1C. The van der Waals surface area contributed by atoms with Crippen molar-refractivity contribution in [2.45, 2.75) is 20.0 Å². The van der Waals surface area contributed by atoms with E-state index in [9.17, 15) is 9.59 Å². The number of benzene rings is 1. The van der Waals surface area contributed by atoms with Gasteiger partial charge in [0.2, 0.25) is 5.91 Å². The Bertz CT molecular complexity index is 631. The minimum absolute atomic E-state index is 0.0504. The zero-order valence-electron chi connectivity index (χ0n) is 14.8. The lowest BCUT2D eigenvalue weighted by Crippen LogP contribution is -2.45. The van der Waals surface area contributed by atoms with Crippen LogP contribution in [0.1, 0.15) is 12.5 Å². The molecule has 2 rings (SSSR count). The molecule has 0 aliphatic carbocycles. The predicted octanol–water partition coefficient (Wildman–Crippen LogP) is 0.479. The highest BCUT2D eigenvalue weighted by molar-refractivity contribution is 6.01. The average molecular weight is 347 g/mol. The molecule has 1 heterocycles. The van der Waals surface area contributed by atoms with Crippen molar-refractivity contribution in [3.05, 3.63) is 29.8 Å². The number of hydrogen-bond acceptors (Lipinski definition) is 4. The molecule has 1 unspecified atom stereocenters. The van der Waals surface area contributed by atoms with Gasteiger partial charge in [-0.3, -0.25) is 14.7 Å². The summed E-state index contributed by atoms with van der Waals surface area (Å²) in [5, 5.41) is 8.73. The van der Waals surface area contributed by atoms with Gasteiger partial charge in [0, 0.05) is 20.1 Å². The van der Waals surface area contributed by atoms with E-state index in [2.05, 4.69) is 20.9 Å². The zero-order valence-corrected chi connectivity index (χ0v) is 14.8. The van der Waals surface area contributed by atoms with Gasteiger partial charge < -0.3 is 20.7 Å². The second kappa shape index (κ2) is 8.91. The van der Waals surface area contributed by atoms with Crippen LogP contribution >= 0.6 is 0 Å². The quantitative estimate of drug-likeness (QED) is 0.379. The van der Waals surface area contributed by atoms with Crippen molar-refractivity contribution in [2.75, 3.05) is 33.2 Å². The Hall–Kier alpha value is -2.77. The lowest BCUT2D eigenvalue weighted by molar-refractivity contribution is -0.124. The molecule has 0 bridgehead atoms. The van der Waals surface area contributed by atoms with E-state index in [1.54, 1.807) is 7.05 Å². The van der Waals surface area contributed by atoms with Crippen LogP contribution in [0.2, 0.25) is 0 Å². The number of amides is 3. The van der Waals surface area contributed by atoms with Crippen LogP contribution in [0.5, 0.6) is 5.75 Å². The van der Waals surface area contributed by atoms with Crippen LogP contribution in [-0.2, 0) is 4.79 Å². The van der Waals surface area contributed by atoms with Gasteiger partial charge in [-0.25, -0.2) is 4.79 Å². The summed E-state index contributed by atoms with van der Waals surface area (Å²) in [6.45, 7) is 5.33. The van der Waals surface area contributed by atoms with E-state index in [4.69, 9.17) is 4.74 Å². The normalized spacial score (nSPS) is 15.8. The van der Waals surface area contributed by atoms with Gasteiger partial charge in [0.15, 0.2) is 5.96 Å². The van der Waals surface area contributed by atoms with Crippen LogP contribution in [0.4, 0.5) is 4.79 Å². The van der Waals surface area contributed by atoms with E-state index in [1.165, 1.54) is 4.90 Å². The first-order valence-corrected chi connectivity index (χ1v) is 8.26. The summed E-state index contributed by atoms with van der Waals surface area (Å²) in [5.74, 6) is 1.24. The van der Waals surface area contributed by atoms with Crippen LogP contribution in [0.25, 0.3) is 0 Å². The maximum absolute atomic E-state index is 11.5. The lowest BCUT2D eigenvalue weighted by atomic mass is 10.2. The van der Waals surface area contributed by atoms with E-state index >= 15 is 0 Å². The number of hydrogen-bond donors (Lipinski definition) is 3. The molecule has 1 aliphatic rings. The van der Waals surface area contributed by atoms with E-state index in [0.717, 1.165) is 11.3 Å². The number of nitrogens with one attached hydrogen (secondary N) is 3. The van der Waals surface area contributed by atoms with E-state index in [0.29, 0.717) is 25.6 Å². The molecule has 1 atom stereocenters. The third-order valence-corrected chi connectivity index (χ3v) is 3.77. The van der Waals surface area contributed by atoms with E-state index in [1.807, 2.05) is 38.1 Å². The van der Waals surface area contributed by atoms with Gasteiger partial charge >= 0.3 is 6.03 Å². The summed E-state index contributed by atoms with van der Waals surface area (Å²) in [4.78, 5) is 28.3. The Morgan fingerprint density at radius 3 is 2.76 bits per heavy atom. The van der Waals surface area contributed by atoms with Crippen LogP contribution in [0.3, 0.4) is 0 Å². The molecular weight excluding hydrogens is 322 g/mol. The minimum Gasteiger partial charge on any atom is -0.489 e. The van der Waals surface area contributed by atoms with E-state index < -0.39 is 0 Å². The summed E-state index contributed by atoms with van der Waals surface area (Å²) in [7, 11) is 1.66. The number of aliphatic imine (C=N–C) groups is 1. The Morgan fingerprint density at radius 1 is 1.36 bits per heavy atom. The average Bonchev–Trinajstić information content (AvgIpc) is 2.91. The molecule has 25 heavy (non-hydrogen) atoms. The van der Waals surface area contributed by atoms with Gasteiger partial charge in [0.1, 0.15) is 11.9 Å². The largest absolute Gasteiger partial charge is 0.489 e. The number of rotatable bonds is 7. The fourth-order valence-corrected chi connectivity index (χ4v) is 2.38. The van der Waals surface area contributed by atoms with Crippen molar-refractivity contribution in [3.8, 4) is 5.75 Å². The topological polar surface area (TPSA) is 95.1 Å². The Kier molecular flexibility index (Phi) is 6.62. The first-order chi connectivity index (χ1) is 12.0. The molecule has 0 radical (unpaired) electrons. The maximum Gasteiger partial charge on any atom is 0.324 e. The smallest absolute Gasteiger partial charge is 0.324 e. The number of guanidine groups is 1. The highest BCUT2D eigenvalue weighted by atomic mass is 16.5. The van der Waals surface area contributed by atoms with Crippen molar-refractivity contribution in [3.63, 3.8) is 0 Å². The molecule has 8 nitrogen and oxygen atoms in total. The number of imide groups is 1. The van der Waals surface area contributed by atoms with Crippen molar-refractivity contribution in [1.29, 1.82) is 0 Å². The molecule has 0 saturated carbocycles.